The first-order valence-electron chi connectivity index (χ1n) is 7.07. The Morgan fingerprint density at radius 3 is 2.35 bits per heavy atom. The third-order valence-corrected chi connectivity index (χ3v) is 3.38. The normalized spacial score (nSPS) is 10.7. The number of carbonyl (C=O) groups is 2. The van der Waals surface area contributed by atoms with E-state index >= 15 is 0 Å². The van der Waals surface area contributed by atoms with Gasteiger partial charge in [0.15, 0.2) is 5.78 Å². The van der Waals surface area contributed by atoms with E-state index in [-0.39, 0.29) is 24.8 Å². The third-order valence-electron chi connectivity index (χ3n) is 3.38. The van der Waals surface area contributed by atoms with E-state index in [1.165, 1.54) is 5.56 Å². The minimum absolute atomic E-state index is 0.0396. The Labute approximate surface area is 121 Å². The highest BCUT2D eigenvalue weighted by molar-refractivity contribution is 5.98. The van der Waals surface area contributed by atoms with Crippen LogP contribution in [0.5, 0.6) is 0 Å². The van der Waals surface area contributed by atoms with Crippen LogP contribution in [0.15, 0.2) is 18.2 Å². The average molecular weight is 276 g/mol. The van der Waals surface area contributed by atoms with Crippen molar-refractivity contribution >= 4 is 11.7 Å². The van der Waals surface area contributed by atoms with E-state index in [2.05, 4.69) is 5.32 Å². The monoisotopic (exact) mass is 276 g/mol. The van der Waals surface area contributed by atoms with Gasteiger partial charge in [0.05, 0.1) is 13.1 Å². The second-order valence-electron chi connectivity index (χ2n) is 4.98. The van der Waals surface area contributed by atoms with Crippen molar-refractivity contribution < 1.29 is 9.59 Å². The van der Waals surface area contributed by atoms with E-state index in [4.69, 9.17) is 0 Å². The number of aryl methyl sites for hydroxylation is 2. The van der Waals surface area contributed by atoms with Crippen molar-refractivity contribution in [3.05, 3.63) is 34.9 Å². The number of rotatable bonds is 7. The molecule has 20 heavy (non-hydrogen) atoms. The van der Waals surface area contributed by atoms with E-state index in [1.807, 2.05) is 50.8 Å². The smallest absolute Gasteiger partial charge is 0.234 e. The number of amides is 1. The summed E-state index contributed by atoms with van der Waals surface area (Å²) in [6, 6.07) is 5.73. The second-order valence-corrected chi connectivity index (χ2v) is 4.98. The predicted molar refractivity (Wildman–Crippen MR) is 81.0 cm³/mol. The molecule has 0 saturated carbocycles. The number of ketones is 1. The number of hydrogen-bond acceptors (Lipinski definition) is 3. The highest BCUT2D eigenvalue weighted by Crippen LogP contribution is 2.11. The maximum atomic E-state index is 12.2. The molecule has 1 aromatic rings. The second kappa shape index (κ2) is 7.80. The van der Waals surface area contributed by atoms with Crippen LogP contribution < -0.4 is 5.32 Å². The standard InChI is InChI=1S/C16H24N2O2/c1-5-17-16(20)11-18(6-2)10-15(19)14-8-7-12(3)13(4)9-14/h7-9H,5-6,10-11H2,1-4H3,(H,17,20). The summed E-state index contributed by atoms with van der Waals surface area (Å²) in [6.07, 6.45) is 0. The van der Waals surface area contributed by atoms with E-state index in [1.54, 1.807) is 0 Å². The zero-order valence-electron chi connectivity index (χ0n) is 12.8. The van der Waals surface area contributed by atoms with Crippen molar-refractivity contribution in [1.82, 2.24) is 10.2 Å². The van der Waals surface area contributed by atoms with Gasteiger partial charge in [0.1, 0.15) is 0 Å². The molecule has 0 aliphatic rings. The number of hydrogen-bond donors (Lipinski definition) is 1. The van der Waals surface area contributed by atoms with Gasteiger partial charge >= 0.3 is 0 Å². The molecule has 0 aromatic heterocycles. The Morgan fingerprint density at radius 2 is 1.80 bits per heavy atom. The quantitative estimate of drug-likeness (QED) is 0.774. The van der Waals surface area contributed by atoms with Crippen LogP contribution in [0.1, 0.15) is 35.3 Å². The molecule has 1 aromatic carbocycles. The van der Waals surface area contributed by atoms with Crippen LogP contribution >= 0.6 is 0 Å². The van der Waals surface area contributed by atoms with E-state index < -0.39 is 0 Å². The van der Waals surface area contributed by atoms with Gasteiger partial charge in [-0.05, 0) is 44.5 Å². The van der Waals surface area contributed by atoms with E-state index in [9.17, 15) is 9.59 Å². The summed E-state index contributed by atoms with van der Waals surface area (Å²) < 4.78 is 0. The Kier molecular flexibility index (Phi) is 6.39. The first-order chi connectivity index (χ1) is 9.47. The van der Waals surface area contributed by atoms with Crippen molar-refractivity contribution in [2.75, 3.05) is 26.2 Å². The average Bonchev–Trinajstić information content (AvgIpc) is 2.41. The molecule has 0 aliphatic heterocycles. The summed E-state index contributed by atoms with van der Waals surface area (Å²) in [5.41, 5.74) is 3.00. The number of nitrogens with zero attached hydrogens (tertiary/aromatic N) is 1. The van der Waals surface area contributed by atoms with E-state index in [0.29, 0.717) is 18.7 Å². The lowest BCUT2D eigenvalue weighted by molar-refractivity contribution is -0.121. The Morgan fingerprint density at radius 1 is 1.10 bits per heavy atom. The van der Waals surface area contributed by atoms with E-state index in [0.717, 1.165) is 5.56 Å². The van der Waals surface area contributed by atoms with Gasteiger partial charge < -0.3 is 5.32 Å². The SMILES string of the molecule is CCNC(=O)CN(CC)CC(=O)c1ccc(C)c(C)c1. The molecule has 110 valence electrons. The topological polar surface area (TPSA) is 49.4 Å². The summed E-state index contributed by atoms with van der Waals surface area (Å²) in [5.74, 6) is 0.0153. The molecule has 0 heterocycles. The van der Waals surface area contributed by atoms with Crippen molar-refractivity contribution in [1.29, 1.82) is 0 Å². The Balaban J connectivity index is 2.67. The minimum atomic E-state index is -0.0396. The van der Waals surface area contributed by atoms with Crippen LogP contribution in [-0.4, -0.2) is 42.8 Å². The number of Topliss-reactive ketones (excluding diaryl/α,β-unsaturated/α-hetero) is 1. The van der Waals surface area contributed by atoms with Crippen LogP contribution in [0, 0.1) is 13.8 Å². The molecule has 4 heteroatoms. The summed E-state index contributed by atoms with van der Waals surface area (Å²) in [4.78, 5) is 25.7. The lowest BCUT2D eigenvalue weighted by atomic mass is 10.0. The van der Waals surface area contributed by atoms with Crippen LogP contribution in [0.25, 0.3) is 0 Å². The molecule has 0 bridgehead atoms. The summed E-state index contributed by atoms with van der Waals surface area (Å²) in [6.45, 7) is 9.68. The van der Waals surface area contributed by atoms with Gasteiger partial charge in [-0.2, -0.15) is 0 Å². The Bertz CT molecular complexity index is 483. The van der Waals surface area contributed by atoms with Gasteiger partial charge in [-0.15, -0.1) is 0 Å². The maximum absolute atomic E-state index is 12.2. The molecular formula is C16H24N2O2. The van der Waals surface area contributed by atoms with Gasteiger partial charge in [-0.3, -0.25) is 14.5 Å². The summed E-state index contributed by atoms with van der Waals surface area (Å²) >= 11 is 0. The van der Waals surface area contributed by atoms with Gasteiger partial charge in [0.25, 0.3) is 0 Å². The van der Waals surface area contributed by atoms with Crippen LogP contribution in [0.4, 0.5) is 0 Å². The molecule has 1 N–H and O–H groups in total. The zero-order valence-corrected chi connectivity index (χ0v) is 12.8. The van der Waals surface area contributed by atoms with Gasteiger partial charge in [0.2, 0.25) is 5.91 Å². The van der Waals surface area contributed by atoms with Crippen LogP contribution in [0.3, 0.4) is 0 Å². The van der Waals surface area contributed by atoms with Crippen LogP contribution in [0.2, 0.25) is 0 Å². The predicted octanol–water partition coefficient (Wildman–Crippen LogP) is 1.94. The first kappa shape index (κ1) is 16.4. The molecule has 0 saturated heterocycles. The van der Waals surface area contributed by atoms with Gasteiger partial charge in [-0.1, -0.05) is 19.1 Å². The first-order valence-corrected chi connectivity index (χ1v) is 7.07. The molecule has 4 nitrogen and oxygen atoms in total. The van der Waals surface area contributed by atoms with Gasteiger partial charge in [-0.25, -0.2) is 0 Å². The number of carbonyl (C=O) groups excluding carboxylic acids is 2. The Hall–Kier alpha value is -1.68. The highest BCUT2D eigenvalue weighted by Gasteiger charge is 2.14. The number of likely N-dealkylation sites (N-methyl/N-ethyl adjacent to an activating group) is 2. The highest BCUT2D eigenvalue weighted by atomic mass is 16.2. The van der Waals surface area contributed by atoms with Gasteiger partial charge in [0, 0.05) is 12.1 Å². The fourth-order valence-electron chi connectivity index (χ4n) is 1.94. The molecule has 0 spiro atoms. The zero-order chi connectivity index (χ0) is 15.1. The number of nitrogens with one attached hydrogen (secondary N) is 1. The molecule has 0 unspecified atom stereocenters. The largest absolute Gasteiger partial charge is 0.355 e. The third kappa shape index (κ3) is 4.78. The minimum Gasteiger partial charge on any atom is -0.355 e. The van der Waals surface area contributed by atoms with Crippen molar-refractivity contribution in [2.45, 2.75) is 27.7 Å². The van der Waals surface area contributed by atoms with Crippen molar-refractivity contribution in [3.63, 3.8) is 0 Å². The van der Waals surface area contributed by atoms with Crippen molar-refractivity contribution in [2.24, 2.45) is 0 Å². The molecule has 0 fully saturated rings. The van der Waals surface area contributed by atoms with Crippen LogP contribution in [-0.2, 0) is 4.79 Å². The molecule has 0 atom stereocenters. The molecule has 1 rings (SSSR count). The molecule has 0 aliphatic carbocycles. The molecule has 1 amide bonds. The lowest BCUT2D eigenvalue weighted by Crippen LogP contribution is -2.39. The molecular weight excluding hydrogens is 252 g/mol. The fourth-order valence-corrected chi connectivity index (χ4v) is 1.94. The molecule has 0 radical (unpaired) electrons. The maximum Gasteiger partial charge on any atom is 0.234 e. The summed E-state index contributed by atoms with van der Waals surface area (Å²) in [5, 5.41) is 2.75. The lowest BCUT2D eigenvalue weighted by Gasteiger charge is -2.19. The van der Waals surface area contributed by atoms with Crippen molar-refractivity contribution in [3.8, 4) is 0 Å². The summed E-state index contributed by atoms with van der Waals surface area (Å²) in [7, 11) is 0. The fraction of sp³-hybridized carbons (Fsp3) is 0.500. The number of benzene rings is 1.